The first-order valence-electron chi connectivity index (χ1n) is 7.46. The molecular weight excluding hydrogens is 224 g/mol. The molecule has 2 heterocycles. The van der Waals surface area contributed by atoms with Crippen molar-refractivity contribution in [2.24, 2.45) is 0 Å². The maximum atomic E-state index is 3.45. The van der Waals surface area contributed by atoms with Gasteiger partial charge < -0.3 is 15.1 Å². The molecule has 0 saturated carbocycles. The van der Waals surface area contributed by atoms with E-state index >= 15 is 0 Å². The van der Waals surface area contributed by atoms with E-state index in [9.17, 15) is 0 Å². The molecule has 4 heteroatoms. The van der Waals surface area contributed by atoms with Crippen LogP contribution in [0.15, 0.2) is 0 Å². The van der Waals surface area contributed by atoms with Crippen LogP contribution in [0.5, 0.6) is 0 Å². The standard InChI is InChI=1S/C14H30N4/c1-16(2)12-14-5-4-8-18(14)10-9-17(3)13-6-7-15-11-13/h13-15H,4-12H2,1-3H3. The molecule has 2 saturated heterocycles. The van der Waals surface area contributed by atoms with Gasteiger partial charge in [0.15, 0.2) is 0 Å². The molecule has 0 aromatic rings. The van der Waals surface area contributed by atoms with Crippen LogP contribution in [0.25, 0.3) is 0 Å². The number of nitrogens with zero attached hydrogens (tertiary/aromatic N) is 3. The van der Waals surface area contributed by atoms with Crippen LogP contribution >= 0.6 is 0 Å². The third kappa shape index (κ3) is 3.92. The Labute approximate surface area is 112 Å². The van der Waals surface area contributed by atoms with Crippen LogP contribution in [0.2, 0.25) is 0 Å². The van der Waals surface area contributed by atoms with Gasteiger partial charge in [0, 0.05) is 38.3 Å². The number of likely N-dealkylation sites (tertiary alicyclic amines) is 1. The fraction of sp³-hybridized carbons (Fsp3) is 1.00. The molecule has 0 spiro atoms. The fourth-order valence-corrected chi connectivity index (χ4v) is 3.30. The van der Waals surface area contributed by atoms with Crippen molar-refractivity contribution in [3.63, 3.8) is 0 Å². The summed E-state index contributed by atoms with van der Waals surface area (Å²) in [6, 6.07) is 1.55. The zero-order chi connectivity index (χ0) is 13.0. The van der Waals surface area contributed by atoms with Crippen molar-refractivity contribution < 1.29 is 0 Å². The lowest BCUT2D eigenvalue weighted by atomic mass is 10.2. The Balaban J connectivity index is 1.71. The maximum absolute atomic E-state index is 3.45. The maximum Gasteiger partial charge on any atom is 0.0230 e. The summed E-state index contributed by atoms with van der Waals surface area (Å²) < 4.78 is 0. The molecule has 0 aromatic carbocycles. The van der Waals surface area contributed by atoms with Gasteiger partial charge in [-0.05, 0) is 53.5 Å². The molecule has 4 nitrogen and oxygen atoms in total. The molecular formula is C14H30N4. The second-order valence-electron chi connectivity index (χ2n) is 6.22. The summed E-state index contributed by atoms with van der Waals surface area (Å²) >= 11 is 0. The van der Waals surface area contributed by atoms with E-state index in [0.29, 0.717) is 0 Å². The van der Waals surface area contributed by atoms with E-state index in [2.05, 4.69) is 41.2 Å². The number of hydrogen-bond acceptors (Lipinski definition) is 4. The van der Waals surface area contributed by atoms with Crippen molar-refractivity contribution in [1.82, 2.24) is 20.0 Å². The molecule has 2 rings (SSSR count). The Morgan fingerprint density at radius 1 is 1.22 bits per heavy atom. The van der Waals surface area contributed by atoms with Gasteiger partial charge in [-0.3, -0.25) is 4.90 Å². The quantitative estimate of drug-likeness (QED) is 0.736. The summed E-state index contributed by atoms with van der Waals surface area (Å²) in [7, 11) is 6.66. The van der Waals surface area contributed by atoms with Gasteiger partial charge in [0.05, 0.1) is 0 Å². The predicted octanol–water partition coefficient (Wildman–Crippen LogP) is 0.306. The van der Waals surface area contributed by atoms with Crippen LogP contribution in [0.3, 0.4) is 0 Å². The van der Waals surface area contributed by atoms with E-state index in [0.717, 1.165) is 12.1 Å². The second kappa shape index (κ2) is 6.85. The predicted molar refractivity (Wildman–Crippen MR) is 77.1 cm³/mol. The summed E-state index contributed by atoms with van der Waals surface area (Å²) in [5.41, 5.74) is 0. The Bertz CT molecular complexity index is 238. The van der Waals surface area contributed by atoms with Gasteiger partial charge in [-0.2, -0.15) is 0 Å². The minimum Gasteiger partial charge on any atom is -0.315 e. The minimum absolute atomic E-state index is 0.764. The smallest absolute Gasteiger partial charge is 0.0230 e. The molecule has 0 radical (unpaired) electrons. The summed E-state index contributed by atoms with van der Waals surface area (Å²) in [4.78, 5) is 7.57. The fourth-order valence-electron chi connectivity index (χ4n) is 3.30. The molecule has 0 bridgehead atoms. The van der Waals surface area contributed by atoms with Gasteiger partial charge in [-0.1, -0.05) is 0 Å². The number of rotatable bonds is 6. The van der Waals surface area contributed by atoms with E-state index in [4.69, 9.17) is 0 Å². The molecule has 2 fully saturated rings. The zero-order valence-electron chi connectivity index (χ0n) is 12.4. The lowest BCUT2D eigenvalue weighted by Crippen LogP contribution is -2.43. The van der Waals surface area contributed by atoms with Crippen LogP contribution in [-0.4, -0.2) is 87.2 Å². The number of hydrogen-bond donors (Lipinski definition) is 1. The Hall–Kier alpha value is -0.160. The van der Waals surface area contributed by atoms with E-state index in [1.54, 1.807) is 0 Å². The highest BCUT2D eigenvalue weighted by Gasteiger charge is 2.26. The normalized spacial score (nSPS) is 29.8. The molecule has 2 aliphatic rings. The van der Waals surface area contributed by atoms with Gasteiger partial charge >= 0.3 is 0 Å². The molecule has 0 aromatic heterocycles. The third-order valence-electron chi connectivity index (χ3n) is 4.47. The van der Waals surface area contributed by atoms with E-state index < -0.39 is 0 Å². The highest BCUT2D eigenvalue weighted by atomic mass is 15.3. The summed E-state index contributed by atoms with van der Waals surface area (Å²) in [5, 5.41) is 3.45. The first kappa shape index (κ1) is 14.3. The molecule has 106 valence electrons. The Morgan fingerprint density at radius 2 is 2.06 bits per heavy atom. The van der Waals surface area contributed by atoms with Crippen LogP contribution in [0.4, 0.5) is 0 Å². The monoisotopic (exact) mass is 254 g/mol. The zero-order valence-corrected chi connectivity index (χ0v) is 12.4. The van der Waals surface area contributed by atoms with Crippen molar-refractivity contribution >= 4 is 0 Å². The molecule has 2 aliphatic heterocycles. The molecule has 2 unspecified atom stereocenters. The summed E-state index contributed by atoms with van der Waals surface area (Å²) in [5.74, 6) is 0. The SMILES string of the molecule is CN(C)CC1CCCN1CCN(C)C1CCNC1. The molecule has 0 amide bonds. The number of nitrogens with one attached hydrogen (secondary N) is 1. The van der Waals surface area contributed by atoms with Crippen LogP contribution < -0.4 is 5.32 Å². The average Bonchev–Trinajstić information content (AvgIpc) is 2.95. The highest BCUT2D eigenvalue weighted by Crippen LogP contribution is 2.17. The van der Waals surface area contributed by atoms with E-state index in [1.807, 2.05) is 0 Å². The van der Waals surface area contributed by atoms with Gasteiger partial charge in [0.1, 0.15) is 0 Å². The van der Waals surface area contributed by atoms with Crippen molar-refractivity contribution in [2.45, 2.75) is 31.3 Å². The van der Waals surface area contributed by atoms with E-state index in [1.165, 1.54) is 58.5 Å². The van der Waals surface area contributed by atoms with Gasteiger partial charge in [0.25, 0.3) is 0 Å². The first-order valence-corrected chi connectivity index (χ1v) is 7.46. The molecule has 1 N–H and O–H groups in total. The van der Waals surface area contributed by atoms with Gasteiger partial charge in [-0.15, -0.1) is 0 Å². The van der Waals surface area contributed by atoms with E-state index in [-0.39, 0.29) is 0 Å². The highest BCUT2D eigenvalue weighted by molar-refractivity contribution is 4.83. The lowest BCUT2D eigenvalue weighted by molar-refractivity contribution is 0.167. The Morgan fingerprint density at radius 3 is 2.72 bits per heavy atom. The Kier molecular flexibility index (Phi) is 5.42. The van der Waals surface area contributed by atoms with Crippen LogP contribution in [0, 0.1) is 0 Å². The largest absolute Gasteiger partial charge is 0.315 e. The topological polar surface area (TPSA) is 21.8 Å². The second-order valence-corrected chi connectivity index (χ2v) is 6.22. The summed E-state index contributed by atoms with van der Waals surface area (Å²) in [6.07, 6.45) is 4.08. The van der Waals surface area contributed by atoms with Crippen molar-refractivity contribution in [3.05, 3.63) is 0 Å². The molecule has 18 heavy (non-hydrogen) atoms. The molecule has 0 aliphatic carbocycles. The average molecular weight is 254 g/mol. The van der Waals surface area contributed by atoms with Crippen molar-refractivity contribution in [2.75, 3.05) is 60.4 Å². The van der Waals surface area contributed by atoms with Crippen molar-refractivity contribution in [3.8, 4) is 0 Å². The minimum atomic E-state index is 0.764. The third-order valence-corrected chi connectivity index (χ3v) is 4.47. The van der Waals surface area contributed by atoms with Crippen LogP contribution in [0.1, 0.15) is 19.3 Å². The molecule has 2 atom stereocenters. The summed E-state index contributed by atoms with van der Waals surface area (Å²) in [6.45, 7) is 7.35. The number of likely N-dealkylation sites (N-methyl/N-ethyl adjacent to an activating group) is 2. The lowest BCUT2D eigenvalue weighted by Gasteiger charge is -2.30. The van der Waals surface area contributed by atoms with Crippen LogP contribution in [-0.2, 0) is 0 Å². The first-order chi connectivity index (χ1) is 8.66. The van der Waals surface area contributed by atoms with Crippen molar-refractivity contribution in [1.29, 1.82) is 0 Å². The van der Waals surface area contributed by atoms with Gasteiger partial charge in [-0.25, -0.2) is 0 Å². The van der Waals surface area contributed by atoms with Gasteiger partial charge in [0.2, 0.25) is 0 Å².